The van der Waals surface area contributed by atoms with E-state index in [9.17, 15) is 14.7 Å². The first kappa shape index (κ1) is 23.5. The Morgan fingerprint density at radius 2 is 1.22 bits per heavy atom. The maximum absolute atomic E-state index is 13.3. The minimum absolute atomic E-state index is 0. The molecule has 4 rings (SSSR count). The van der Waals surface area contributed by atoms with Crippen molar-refractivity contribution in [2.24, 2.45) is 0 Å². The molecule has 0 bridgehead atoms. The van der Waals surface area contributed by atoms with Crippen LogP contribution in [-0.2, 0) is 6.54 Å². The van der Waals surface area contributed by atoms with Crippen LogP contribution in [0.15, 0.2) is 109 Å². The fourth-order valence-electron chi connectivity index (χ4n) is 3.48. The van der Waals surface area contributed by atoms with Crippen molar-refractivity contribution in [1.82, 2.24) is 0 Å². The molecule has 32 heavy (non-hydrogen) atoms. The summed E-state index contributed by atoms with van der Waals surface area (Å²) in [6.07, 6.45) is 0. The second-order valence-electron chi connectivity index (χ2n) is 7.16. The molecule has 0 radical (unpaired) electrons. The second kappa shape index (κ2) is 10.9. The molecule has 4 nitrogen and oxygen atoms in total. The summed E-state index contributed by atoms with van der Waals surface area (Å²) in [7, 11) is 0. The first-order valence-electron chi connectivity index (χ1n) is 9.94. The van der Waals surface area contributed by atoms with E-state index in [2.05, 4.69) is 0 Å². The van der Waals surface area contributed by atoms with Gasteiger partial charge in [-0.1, -0.05) is 72.8 Å². The largest absolute Gasteiger partial charge is 1.00 e. The van der Waals surface area contributed by atoms with Gasteiger partial charge in [0.1, 0.15) is 0 Å². The van der Waals surface area contributed by atoms with E-state index in [1.54, 1.807) is 29.2 Å². The van der Waals surface area contributed by atoms with Crippen LogP contribution >= 0.6 is 0 Å². The van der Waals surface area contributed by atoms with Crippen molar-refractivity contribution in [2.75, 3.05) is 4.90 Å². The predicted octanol–water partition coefficient (Wildman–Crippen LogP) is 1.57. The van der Waals surface area contributed by atoms with Gasteiger partial charge in [0.05, 0.1) is 12.5 Å². The Morgan fingerprint density at radius 1 is 0.656 bits per heavy atom. The van der Waals surface area contributed by atoms with Crippen LogP contribution in [0.5, 0.6) is 0 Å². The Balaban J connectivity index is 0.00000289. The van der Waals surface area contributed by atoms with E-state index in [-0.39, 0.29) is 41.0 Å². The van der Waals surface area contributed by atoms with E-state index in [1.807, 2.05) is 78.9 Å². The minimum atomic E-state index is -1.21. The fraction of sp³-hybridized carbons (Fsp3) is 0.0370. The quantitative estimate of drug-likeness (QED) is 0.437. The summed E-state index contributed by atoms with van der Waals surface area (Å²) in [4.78, 5) is 26.2. The molecule has 5 heteroatoms. The SMILES string of the molecule is O=C([O-])c1cccc(-c2cccc(CN(C(=O)c3ccccc3)c3ccccc3)c2)c1.[Na+]. The van der Waals surface area contributed by atoms with Gasteiger partial charge in [0, 0.05) is 11.3 Å². The van der Waals surface area contributed by atoms with Crippen molar-refractivity contribution in [1.29, 1.82) is 0 Å². The zero-order chi connectivity index (χ0) is 21.6. The zero-order valence-electron chi connectivity index (χ0n) is 17.8. The average molecular weight is 429 g/mol. The van der Waals surface area contributed by atoms with Crippen LogP contribution in [0.25, 0.3) is 11.1 Å². The number of carbonyl (C=O) groups is 2. The number of carboxylic acid groups (broad SMARTS) is 1. The molecule has 152 valence electrons. The molecule has 4 aromatic rings. The molecule has 0 aliphatic rings. The number of hydrogen-bond acceptors (Lipinski definition) is 3. The number of hydrogen-bond donors (Lipinski definition) is 0. The number of anilines is 1. The molecule has 0 N–H and O–H groups in total. The first-order chi connectivity index (χ1) is 15.1. The number of benzene rings is 4. The molecule has 0 spiro atoms. The third-order valence-corrected chi connectivity index (χ3v) is 5.03. The topological polar surface area (TPSA) is 60.4 Å². The third kappa shape index (κ3) is 5.54. The molecule has 0 aliphatic heterocycles. The molecule has 0 atom stereocenters. The van der Waals surface area contributed by atoms with E-state index in [4.69, 9.17) is 0 Å². The molecule has 0 aliphatic carbocycles. The molecule has 0 saturated carbocycles. The molecule has 0 saturated heterocycles. The van der Waals surface area contributed by atoms with Crippen molar-refractivity contribution in [2.45, 2.75) is 6.54 Å². The molecular weight excluding hydrogens is 409 g/mol. The van der Waals surface area contributed by atoms with Crippen LogP contribution < -0.4 is 39.6 Å². The van der Waals surface area contributed by atoms with Crippen LogP contribution in [0.1, 0.15) is 26.3 Å². The first-order valence-corrected chi connectivity index (χ1v) is 9.94. The standard InChI is InChI=1S/C27H21NO3.Na/c29-26(21-10-3-1-4-11-21)28(25-15-5-2-6-16-25)19-20-9-7-12-22(17-20)23-13-8-14-24(18-23)27(30)31;/h1-18H,19H2,(H,30,31);/q;+1/p-1. The number of carbonyl (C=O) groups excluding carboxylic acids is 2. The van der Waals surface area contributed by atoms with E-state index in [1.165, 1.54) is 6.07 Å². The van der Waals surface area contributed by atoms with E-state index < -0.39 is 5.97 Å². The summed E-state index contributed by atoms with van der Waals surface area (Å²) < 4.78 is 0. The van der Waals surface area contributed by atoms with Gasteiger partial charge in [0.2, 0.25) is 0 Å². The van der Waals surface area contributed by atoms with Gasteiger partial charge in [-0.15, -0.1) is 0 Å². The number of aromatic carboxylic acids is 1. The monoisotopic (exact) mass is 429 g/mol. The van der Waals surface area contributed by atoms with E-state index in [0.29, 0.717) is 12.1 Å². The normalized spacial score (nSPS) is 10.1. The third-order valence-electron chi connectivity index (χ3n) is 5.03. The van der Waals surface area contributed by atoms with E-state index >= 15 is 0 Å². The maximum atomic E-state index is 13.3. The Hall–Kier alpha value is -3.18. The van der Waals surface area contributed by atoms with Crippen molar-refractivity contribution < 1.29 is 44.3 Å². The van der Waals surface area contributed by atoms with Gasteiger partial charge >= 0.3 is 29.6 Å². The van der Waals surface area contributed by atoms with Gasteiger partial charge in [-0.3, -0.25) is 4.79 Å². The molecule has 0 heterocycles. The molecule has 4 aromatic carbocycles. The van der Waals surface area contributed by atoms with E-state index in [0.717, 1.165) is 22.4 Å². The van der Waals surface area contributed by atoms with Crippen LogP contribution in [0, 0.1) is 0 Å². The summed E-state index contributed by atoms with van der Waals surface area (Å²) in [6, 6.07) is 33.2. The predicted molar refractivity (Wildman–Crippen MR) is 120 cm³/mol. The Morgan fingerprint density at radius 3 is 1.88 bits per heavy atom. The van der Waals surface area contributed by atoms with Gasteiger partial charge in [-0.2, -0.15) is 0 Å². The molecule has 1 amide bonds. The van der Waals surface area contributed by atoms with Crippen LogP contribution in [0.3, 0.4) is 0 Å². The fourth-order valence-corrected chi connectivity index (χ4v) is 3.48. The van der Waals surface area contributed by atoms with Gasteiger partial charge in [0.15, 0.2) is 0 Å². The van der Waals surface area contributed by atoms with Crippen molar-refractivity contribution >= 4 is 17.6 Å². The summed E-state index contributed by atoms with van der Waals surface area (Å²) in [5, 5.41) is 11.2. The average Bonchev–Trinajstić information content (AvgIpc) is 2.83. The second-order valence-corrected chi connectivity index (χ2v) is 7.16. The molecule has 0 fully saturated rings. The summed E-state index contributed by atoms with van der Waals surface area (Å²) >= 11 is 0. The smallest absolute Gasteiger partial charge is 0.545 e. The summed E-state index contributed by atoms with van der Waals surface area (Å²) in [6.45, 7) is 0.381. The number of para-hydroxylation sites is 1. The summed E-state index contributed by atoms with van der Waals surface area (Å²) in [5.74, 6) is -1.29. The van der Waals surface area contributed by atoms with Crippen LogP contribution in [0.4, 0.5) is 5.69 Å². The summed E-state index contributed by atoms with van der Waals surface area (Å²) in [5.41, 5.74) is 4.15. The Labute approximate surface area is 209 Å². The van der Waals surface area contributed by atoms with Crippen LogP contribution in [0.2, 0.25) is 0 Å². The minimum Gasteiger partial charge on any atom is -0.545 e. The van der Waals surface area contributed by atoms with Crippen LogP contribution in [-0.4, -0.2) is 11.9 Å². The van der Waals surface area contributed by atoms with Crippen molar-refractivity contribution in [3.63, 3.8) is 0 Å². The zero-order valence-corrected chi connectivity index (χ0v) is 19.8. The number of amides is 1. The van der Waals surface area contributed by atoms with Gasteiger partial charge in [0.25, 0.3) is 5.91 Å². The van der Waals surface area contributed by atoms with Gasteiger partial charge < -0.3 is 14.8 Å². The van der Waals surface area contributed by atoms with Crippen molar-refractivity contribution in [3.05, 3.63) is 126 Å². The number of rotatable bonds is 6. The molecular formula is C27H20NNaO3. The Kier molecular flexibility index (Phi) is 8.01. The van der Waals surface area contributed by atoms with Gasteiger partial charge in [-0.25, -0.2) is 0 Å². The Bertz CT molecular complexity index is 1210. The van der Waals surface area contributed by atoms with Gasteiger partial charge in [-0.05, 0) is 58.7 Å². The molecule has 0 unspecified atom stereocenters. The molecule has 0 aromatic heterocycles. The number of nitrogens with zero attached hydrogens (tertiary/aromatic N) is 1. The van der Waals surface area contributed by atoms with Crippen molar-refractivity contribution in [3.8, 4) is 11.1 Å². The maximum Gasteiger partial charge on any atom is 1.00 e. The number of carboxylic acids is 1.